The lowest BCUT2D eigenvalue weighted by Gasteiger charge is -2.35. The zero-order valence-electron chi connectivity index (χ0n) is 23.9. The highest BCUT2D eigenvalue weighted by Gasteiger charge is 2.34. The molecule has 228 valence electrons. The standard InChI is InChI=1S/C30H35Br2N7O4/c1-37-11-7-19(8-12-37)28(41)34-24(17-25(40)20-15-22(31)26(33)23(32)16-20)29(42)38-13-9-21(10-14-38)39-30(43)35-27(36-39)18-5-3-2-4-6-18/h2-6,15-16,19,21,24H,7-14,17,33H2,1H3,(H,34,41)(H,35,36,43). The fraction of sp³-hybridized carbons (Fsp3) is 0.433. The van der Waals surface area contributed by atoms with Gasteiger partial charge in [0.15, 0.2) is 11.6 Å². The highest BCUT2D eigenvalue weighted by atomic mass is 79.9. The van der Waals surface area contributed by atoms with Gasteiger partial charge in [0.1, 0.15) is 6.04 Å². The van der Waals surface area contributed by atoms with E-state index in [2.05, 4.69) is 52.2 Å². The van der Waals surface area contributed by atoms with E-state index in [-0.39, 0.29) is 41.7 Å². The second kappa shape index (κ2) is 13.6. The molecule has 0 aliphatic carbocycles. The van der Waals surface area contributed by atoms with Gasteiger partial charge in [0.25, 0.3) is 0 Å². The Kier molecular flexibility index (Phi) is 9.82. The Morgan fingerprint density at radius 2 is 1.65 bits per heavy atom. The zero-order chi connectivity index (χ0) is 30.7. The number of ketones is 1. The molecule has 3 heterocycles. The SMILES string of the molecule is CN1CCC(C(=O)NC(CC(=O)c2cc(Br)c(N)c(Br)c2)C(=O)N2CCC(n3nc(-c4ccccc4)[nH]c3=O)CC2)CC1. The zero-order valence-corrected chi connectivity index (χ0v) is 27.1. The van der Waals surface area contributed by atoms with Crippen molar-refractivity contribution < 1.29 is 14.4 Å². The molecule has 0 saturated carbocycles. The molecule has 13 heteroatoms. The lowest BCUT2D eigenvalue weighted by Crippen LogP contribution is -2.53. The first-order chi connectivity index (χ1) is 20.6. The molecule has 0 radical (unpaired) electrons. The average Bonchev–Trinajstić information content (AvgIpc) is 3.41. The number of Topliss-reactive ketones (excluding diaryl/α,β-unsaturated/α-hetero) is 1. The van der Waals surface area contributed by atoms with Gasteiger partial charge in [-0.1, -0.05) is 30.3 Å². The normalized spacial score (nSPS) is 17.5. The van der Waals surface area contributed by atoms with Crippen LogP contribution in [0.2, 0.25) is 0 Å². The lowest BCUT2D eigenvalue weighted by molar-refractivity contribution is -0.138. The summed E-state index contributed by atoms with van der Waals surface area (Å²) in [7, 11) is 2.02. The van der Waals surface area contributed by atoms with Crippen molar-refractivity contribution in [2.45, 2.75) is 44.2 Å². The first-order valence-electron chi connectivity index (χ1n) is 14.4. The molecule has 2 aliphatic heterocycles. The Morgan fingerprint density at radius 3 is 2.28 bits per heavy atom. The van der Waals surface area contributed by atoms with Gasteiger partial charge in [0.2, 0.25) is 11.8 Å². The second-order valence-corrected chi connectivity index (χ2v) is 13.0. The monoisotopic (exact) mass is 715 g/mol. The molecule has 2 saturated heterocycles. The summed E-state index contributed by atoms with van der Waals surface area (Å²) in [6.07, 6.45) is 2.26. The summed E-state index contributed by atoms with van der Waals surface area (Å²) in [4.78, 5) is 59.9. The van der Waals surface area contributed by atoms with Gasteiger partial charge in [0, 0.05) is 45.5 Å². The number of amides is 2. The van der Waals surface area contributed by atoms with E-state index in [0.717, 1.165) is 18.7 Å². The van der Waals surface area contributed by atoms with E-state index in [0.29, 0.717) is 64.8 Å². The van der Waals surface area contributed by atoms with Crippen molar-refractivity contribution in [1.82, 2.24) is 29.9 Å². The quantitative estimate of drug-likeness (QED) is 0.239. The predicted octanol–water partition coefficient (Wildman–Crippen LogP) is 3.61. The minimum Gasteiger partial charge on any atom is -0.397 e. The molecule has 2 fully saturated rings. The maximum Gasteiger partial charge on any atom is 0.343 e. The minimum atomic E-state index is -1.01. The van der Waals surface area contributed by atoms with Crippen LogP contribution < -0.4 is 16.7 Å². The van der Waals surface area contributed by atoms with Crippen LogP contribution in [0.3, 0.4) is 0 Å². The molecule has 5 rings (SSSR count). The maximum absolute atomic E-state index is 13.8. The number of nitrogen functional groups attached to an aromatic ring is 1. The van der Waals surface area contributed by atoms with E-state index in [1.54, 1.807) is 17.0 Å². The van der Waals surface area contributed by atoms with Crippen LogP contribution >= 0.6 is 31.9 Å². The Balaban J connectivity index is 1.29. The van der Waals surface area contributed by atoms with Gasteiger partial charge in [-0.2, -0.15) is 0 Å². The number of nitrogens with zero attached hydrogens (tertiary/aromatic N) is 4. The molecule has 0 bridgehead atoms. The van der Waals surface area contributed by atoms with Crippen molar-refractivity contribution in [3.8, 4) is 11.4 Å². The number of H-pyrrole nitrogens is 1. The van der Waals surface area contributed by atoms with Crippen LogP contribution in [-0.2, 0) is 9.59 Å². The van der Waals surface area contributed by atoms with E-state index < -0.39 is 6.04 Å². The molecule has 1 unspecified atom stereocenters. The summed E-state index contributed by atoms with van der Waals surface area (Å²) < 4.78 is 2.59. The predicted molar refractivity (Wildman–Crippen MR) is 170 cm³/mol. The van der Waals surface area contributed by atoms with Crippen LogP contribution in [0.1, 0.15) is 48.5 Å². The van der Waals surface area contributed by atoms with Gasteiger partial charge in [-0.05, 0) is 89.8 Å². The Morgan fingerprint density at radius 1 is 1.02 bits per heavy atom. The third-order valence-corrected chi connectivity index (χ3v) is 9.62. The lowest BCUT2D eigenvalue weighted by atomic mass is 9.94. The van der Waals surface area contributed by atoms with Crippen LogP contribution in [0.15, 0.2) is 56.2 Å². The maximum atomic E-state index is 13.8. The number of aromatic nitrogens is 3. The number of halogens is 2. The molecule has 1 atom stereocenters. The molecular formula is C30H35Br2N7O4. The van der Waals surface area contributed by atoms with Crippen LogP contribution in [0.4, 0.5) is 5.69 Å². The molecule has 1 aromatic heterocycles. The topological polar surface area (TPSA) is 146 Å². The molecule has 4 N–H and O–H groups in total. The number of aromatic amines is 1. The van der Waals surface area contributed by atoms with Crippen molar-refractivity contribution in [2.24, 2.45) is 5.92 Å². The van der Waals surface area contributed by atoms with Crippen molar-refractivity contribution in [2.75, 3.05) is 39.0 Å². The van der Waals surface area contributed by atoms with E-state index in [1.165, 1.54) is 4.68 Å². The Hall–Kier alpha value is -3.29. The summed E-state index contributed by atoms with van der Waals surface area (Å²) in [6.45, 7) is 2.35. The van der Waals surface area contributed by atoms with E-state index >= 15 is 0 Å². The molecule has 43 heavy (non-hydrogen) atoms. The summed E-state index contributed by atoms with van der Waals surface area (Å²) in [5.74, 6) is -0.501. The molecule has 0 spiro atoms. The molecule has 2 amide bonds. The number of hydrogen-bond acceptors (Lipinski definition) is 7. The number of rotatable bonds is 8. The number of piperidine rings is 2. The Bertz CT molecular complexity index is 1520. The van der Waals surface area contributed by atoms with E-state index in [9.17, 15) is 19.2 Å². The third kappa shape index (κ3) is 7.27. The van der Waals surface area contributed by atoms with Crippen LogP contribution in [-0.4, -0.2) is 81.4 Å². The number of nitrogens with two attached hydrogens (primary N) is 1. The number of nitrogens with one attached hydrogen (secondary N) is 2. The van der Waals surface area contributed by atoms with Gasteiger partial charge < -0.3 is 20.9 Å². The molecule has 2 aromatic carbocycles. The van der Waals surface area contributed by atoms with Crippen LogP contribution in [0.25, 0.3) is 11.4 Å². The van der Waals surface area contributed by atoms with Gasteiger partial charge in [-0.25, -0.2) is 9.48 Å². The summed E-state index contributed by atoms with van der Waals surface area (Å²) in [5.41, 5.74) is 7.37. The first-order valence-corrected chi connectivity index (χ1v) is 16.0. The molecular weight excluding hydrogens is 682 g/mol. The second-order valence-electron chi connectivity index (χ2n) is 11.3. The van der Waals surface area contributed by atoms with Crippen molar-refractivity contribution in [3.05, 3.63) is 67.5 Å². The highest BCUT2D eigenvalue weighted by Crippen LogP contribution is 2.30. The fourth-order valence-electron chi connectivity index (χ4n) is 5.67. The van der Waals surface area contributed by atoms with Crippen LogP contribution in [0.5, 0.6) is 0 Å². The van der Waals surface area contributed by atoms with E-state index in [4.69, 9.17) is 5.73 Å². The van der Waals surface area contributed by atoms with Gasteiger partial charge in [0.05, 0.1) is 11.7 Å². The molecule has 3 aromatic rings. The highest BCUT2D eigenvalue weighted by molar-refractivity contribution is 9.11. The minimum absolute atomic E-state index is 0.177. The van der Waals surface area contributed by atoms with E-state index in [1.807, 2.05) is 37.4 Å². The number of anilines is 1. The van der Waals surface area contributed by atoms with Gasteiger partial charge in [-0.15, -0.1) is 5.10 Å². The third-order valence-electron chi connectivity index (χ3n) is 8.30. The molecule has 11 nitrogen and oxygen atoms in total. The number of carbonyl (C=O) groups is 3. The summed E-state index contributed by atoms with van der Waals surface area (Å²) >= 11 is 6.75. The summed E-state index contributed by atoms with van der Waals surface area (Å²) in [6, 6.07) is 11.5. The number of likely N-dealkylation sites (tertiary alicyclic amines) is 2. The van der Waals surface area contributed by atoms with Crippen LogP contribution in [0, 0.1) is 5.92 Å². The summed E-state index contributed by atoms with van der Waals surface area (Å²) in [5, 5.41) is 7.45. The van der Waals surface area contributed by atoms with Crippen molar-refractivity contribution in [1.29, 1.82) is 0 Å². The molecule has 2 aliphatic rings. The number of hydrogen-bond donors (Lipinski definition) is 3. The smallest absolute Gasteiger partial charge is 0.343 e. The van der Waals surface area contributed by atoms with Crippen molar-refractivity contribution in [3.63, 3.8) is 0 Å². The largest absolute Gasteiger partial charge is 0.397 e. The van der Waals surface area contributed by atoms with Crippen molar-refractivity contribution >= 4 is 55.1 Å². The fourth-order valence-corrected chi connectivity index (χ4v) is 6.86. The Labute approximate surface area is 266 Å². The number of benzene rings is 2. The van der Waals surface area contributed by atoms with Gasteiger partial charge >= 0.3 is 5.69 Å². The average molecular weight is 717 g/mol. The number of carbonyl (C=O) groups excluding carboxylic acids is 3. The first kappa shape index (κ1) is 31.1. The van der Waals surface area contributed by atoms with Gasteiger partial charge in [-0.3, -0.25) is 19.4 Å².